The fraction of sp³-hybridized carbons (Fsp3) is 0.933. The molecular formula is C30H32. The Labute approximate surface area is 179 Å². The summed E-state index contributed by atoms with van der Waals surface area (Å²) in [5.74, 6) is 0. The van der Waals surface area contributed by atoms with Crippen LogP contribution < -0.4 is 0 Å². The van der Waals surface area contributed by atoms with Crippen LogP contribution in [-0.2, 0) is 0 Å². The van der Waals surface area contributed by atoms with Gasteiger partial charge in [0.25, 0.3) is 0 Å². The van der Waals surface area contributed by atoms with Crippen LogP contribution in [0.3, 0.4) is 0 Å². The van der Waals surface area contributed by atoms with Crippen LogP contribution >= 0.6 is 0 Å². The van der Waals surface area contributed by atoms with E-state index in [9.17, 15) is 0 Å². The minimum absolute atomic E-state index is 0.854. The Morgan fingerprint density at radius 1 is 0.333 bits per heavy atom. The van der Waals surface area contributed by atoms with Crippen molar-refractivity contribution in [2.75, 3.05) is 0 Å². The lowest BCUT2D eigenvalue weighted by molar-refractivity contribution is 0.513. The Morgan fingerprint density at radius 3 is 1.10 bits per heavy atom. The number of rotatable bonds is 0. The third-order valence-corrected chi connectivity index (χ3v) is 18.2. The van der Waals surface area contributed by atoms with Crippen LogP contribution in [0, 0.1) is 65.0 Å². The average Bonchev–Trinajstić information content (AvgIpc) is 3.47. The topological polar surface area (TPSA) is 0 Å². The molecule has 0 N–H and O–H groups in total. The molecule has 0 aromatic heterocycles. The Balaban J connectivity index is 0.802. The maximum absolute atomic E-state index is 2.14. The van der Waals surface area contributed by atoms with E-state index >= 15 is 0 Å². The summed E-state index contributed by atoms with van der Waals surface area (Å²) in [5, 5.41) is 0. The zero-order chi connectivity index (χ0) is 18.5. The van der Waals surface area contributed by atoms with Gasteiger partial charge >= 0.3 is 0 Å². The van der Waals surface area contributed by atoms with Crippen LogP contribution in [0.2, 0.25) is 0 Å². The standard InChI is InChI=1S/C30H32/c1-2-19(1)7-23(19)11-27(23)15-29(27)13-25(29)9-21(25)5-17(21)18-6-22(18)10-26(22)14-30(26)16-28(30)12-24(28)8-20(24)3-4-20/h1-16H2/b18-17+/t21-,22-,23-,24-,25-,26-,27-,28-,29-,30-/m0/s1. The summed E-state index contributed by atoms with van der Waals surface area (Å²) in [4.78, 5) is 0. The summed E-state index contributed by atoms with van der Waals surface area (Å²) in [6, 6.07) is 0. The molecule has 14 aliphatic rings. The van der Waals surface area contributed by atoms with Gasteiger partial charge in [0.2, 0.25) is 0 Å². The van der Waals surface area contributed by atoms with E-state index in [4.69, 9.17) is 0 Å². The maximum Gasteiger partial charge on any atom is 0.00208 e. The fourth-order valence-electron chi connectivity index (χ4n) is 16.0. The Kier molecular flexibility index (Phi) is 1.13. The normalized spacial score (nSPS) is 88.0. The molecule has 14 rings (SSSR count). The highest BCUT2D eigenvalue weighted by molar-refractivity contribution is 5.71. The number of allylic oxidation sites excluding steroid dienone is 2. The summed E-state index contributed by atoms with van der Waals surface area (Å²) < 4.78 is 0. The van der Waals surface area contributed by atoms with E-state index in [0.29, 0.717) is 0 Å². The zero-order valence-electron chi connectivity index (χ0n) is 18.3. The van der Waals surface area contributed by atoms with Crippen molar-refractivity contribution >= 4 is 0 Å². The second kappa shape index (κ2) is 2.52. The molecule has 0 amide bonds. The molecule has 0 nitrogen and oxygen atoms in total. The van der Waals surface area contributed by atoms with E-state index in [0.717, 1.165) is 65.0 Å². The third kappa shape index (κ3) is 0.758. The molecule has 0 radical (unpaired) electrons. The summed E-state index contributed by atoms with van der Waals surface area (Å²) in [6.07, 6.45) is 26.8. The molecule has 0 unspecified atom stereocenters. The van der Waals surface area contributed by atoms with E-state index in [-0.39, 0.29) is 0 Å². The lowest BCUT2D eigenvalue weighted by Crippen LogP contribution is -1.93. The van der Waals surface area contributed by atoms with Gasteiger partial charge in [0.15, 0.2) is 0 Å². The van der Waals surface area contributed by atoms with E-state index in [1.165, 1.54) is 0 Å². The molecular weight excluding hydrogens is 360 g/mol. The Hall–Kier alpha value is -0.260. The van der Waals surface area contributed by atoms with Gasteiger partial charge in [-0.15, -0.1) is 0 Å². The largest absolute Gasteiger partial charge is 0.0624 e. The molecule has 0 bridgehead atoms. The van der Waals surface area contributed by atoms with Crippen LogP contribution in [0.1, 0.15) is 103 Å². The summed E-state index contributed by atoms with van der Waals surface area (Å²) in [6.45, 7) is 0. The second-order valence-electron chi connectivity index (χ2n) is 17.5. The van der Waals surface area contributed by atoms with Crippen LogP contribution in [-0.4, -0.2) is 0 Å². The Morgan fingerprint density at radius 2 is 0.700 bits per heavy atom. The predicted molar refractivity (Wildman–Crippen MR) is 110 cm³/mol. The van der Waals surface area contributed by atoms with Gasteiger partial charge in [-0.2, -0.15) is 0 Å². The van der Waals surface area contributed by atoms with Crippen LogP contribution in [0.5, 0.6) is 0 Å². The van der Waals surface area contributed by atoms with Gasteiger partial charge in [0.05, 0.1) is 0 Å². The molecule has 30 heavy (non-hydrogen) atoms. The van der Waals surface area contributed by atoms with Crippen LogP contribution in [0.15, 0.2) is 11.1 Å². The molecule has 0 aliphatic heterocycles. The molecule has 152 valence electrons. The first-order valence-electron chi connectivity index (χ1n) is 14.1. The van der Waals surface area contributed by atoms with Gasteiger partial charge < -0.3 is 0 Å². The highest BCUT2D eigenvalue weighted by atomic mass is 15.2. The monoisotopic (exact) mass is 392 g/mol. The van der Waals surface area contributed by atoms with E-state index < -0.39 is 0 Å². The van der Waals surface area contributed by atoms with Gasteiger partial charge in [-0.25, -0.2) is 0 Å². The Bertz CT molecular complexity index is 1190. The molecule has 10 atom stereocenters. The maximum atomic E-state index is 2.14. The lowest BCUT2D eigenvalue weighted by Gasteiger charge is -1.96. The summed E-state index contributed by atoms with van der Waals surface area (Å²) in [5.41, 5.74) is 15.5. The van der Waals surface area contributed by atoms with Crippen molar-refractivity contribution in [1.29, 1.82) is 0 Å². The van der Waals surface area contributed by atoms with E-state index in [1.54, 1.807) is 103 Å². The molecule has 14 saturated carbocycles. The zero-order valence-corrected chi connectivity index (χ0v) is 18.3. The van der Waals surface area contributed by atoms with Crippen molar-refractivity contribution < 1.29 is 0 Å². The SMILES string of the molecule is C1CC12C[C@]21C[C@]12C[C@]21C[C@]12C[C@]21C/C1=C1/C[C@]12C[C@]21C[C@]12C[C@]21C[C@]12CC21CC1. The molecule has 0 aromatic rings. The molecule has 0 heteroatoms. The lowest BCUT2D eigenvalue weighted by atomic mass is 10.1. The average molecular weight is 393 g/mol. The predicted octanol–water partition coefficient (Wildman–Crippen LogP) is 6.55. The first kappa shape index (κ1) is 13.4. The van der Waals surface area contributed by atoms with Crippen molar-refractivity contribution in [3.8, 4) is 0 Å². The molecule has 0 heterocycles. The number of fused-ring (bicyclic) bond motifs is 10. The minimum atomic E-state index is 0.854. The first-order chi connectivity index (χ1) is 14.4. The molecule has 14 fully saturated rings. The van der Waals surface area contributed by atoms with Crippen LogP contribution in [0.25, 0.3) is 0 Å². The summed E-state index contributed by atoms with van der Waals surface area (Å²) >= 11 is 0. The number of hydrogen-bond donors (Lipinski definition) is 0. The van der Waals surface area contributed by atoms with Crippen molar-refractivity contribution in [2.24, 2.45) is 65.0 Å². The molecule has 0 saturated heterocycles. The van der Waals surface area contributed by atoms with Crippen molar-refractivity contribution in [2.45, 2.75) is 103 Å². The smallest absolute Gasteiger partial charge is 0.00208 e. The van der Waals surface area contributed by atoms with Crippen molar-refractivity contribution in [3.05, 3.63) is 11.1 Å². The molecule has 14 aliphatic carbocycles. The number of hydrogen-bond acceptors (Lipinski definition) is 0. The van der Waals surface area contributed by atoms with Gasteiger partial charge in [-0.05, 0) is 157 Å². The van der Waals surface area contributed by atoms with Gasteiger partial charge in [0, 0.05) is 10.8 Å². The second-order valence-corrected chi connectivity index (χ2v) is 17.5. The van der Waals surface area contributed by atoms with E-state index in [2.05, 4.69) is 11.1 Å². The summed E-state index contributed by atoms with van der Waals surface area (Å²) in [7, 11) is 0. The highest BCUT2D eigenvalue weighted by Crippen LogP contribution is 3.20. The third-order valence-electron chi connectivity index (χ3n) is 18.2. The fourth-order valence-corrected chi connectivity index (χ4v) is 16.0. The van der Waals surface area contributed by atoms with E-state index in [1.807, 2.05) is 0 Å². The van der Waals surface area contributed by atoms with Crippen molar-refractivity contribution in [1.82, 2.24) is 0 Å². The van der Waals surface area contributed by atoms with Crippen molar-refractivity contribution in [3.63, 3.8) is 0 Å². The van der Waals surface area contributed by atoms with Crippen LogP contribution in [0.4, 0.5) is 0 Å². The molecule has 0 aromatic carbocycles. The molecule has 12 spiro atoms. The highest BCUT2D eigenvalue weighted by Gasteiger charge is 3.13. The first-order valence-corrected chi connectivity index (χ1v) is 14.1. The van der Waals surface area contributed by atoms with Gasteiger partial charge in [-0.1, -0.05) is 11.1 Å². The van der Waals surface area contributed by atoms with Gasteiger partial charge in [0.1, 0.15) is 0 Å². The quantitative estimate of drug-likeness (QED) is 0.410. The minimum Gasteiger partial charge on any atom is -0.0624 e. The van der Waals surface area contributed by atoms with Gasteiger partial charge in [-0.3, -0.25) is 0 Å².